The van der Waals surface area contributed by atoms with E-state index in [1.165, 1.54) is 45.4 Å². The molecule has 0 bridgehead atoms. The lowest BCUT2D eigenvalue weighted by atomic mass is 9.85. The normalized spacial score (nSPS) is 31.1. The maximum absolute atomic E-state index is 3.71. The number of piperidine rings is 1. The van der Waals surface area contributed by atoms with Crippen LogP contribution in [-0.2, 0) is 0 Å². The largest absolute Gasteiger partial charge is 0.312 e. The molecule has 0 aliphatic carbocycles. The van der Waals surface area contributed by atoms with E-state index in [0.29, 0.717) is 17.5 Å². The molecule has 2 rings (SSSR count). The predicted molar refractivity (Wildman–Crippen MR) is 87.2 cm³/mol. The summed E-state index contributed by atoms with van der Waals surface area (Å²) in [6.07, 6.45) is 4.25. The number of likely N-dealkylation sites (N-methyl/N-ethyl adjacent to an activating group) is 1. The lowest BCUT2D eigenvalue weighted by Gasteiger charge is -2.49. The number of nitrogens with zero attached hydrogens (tertiary/aromatic N) is 2. The Morgan fingerprint density at radius 1 is 1.20 bits per heavy atom. The molecule has 0 aromatic heterocycles. The minimum absolute atomic E-state index is 0.333. The maximum Gasteiger partial charge on any atom is 0.0243 e. The van der Waals surface area contributed by atoms with E-state index >= 15 is 0 Å². The molecule has 0 aromatic carbocycles. The number of hydrogen-bond donors (Lipinski definition) is 1. The lowest BCUT2D eigenvalue weighted by Crippen LogP contribution is -2.61. The number of nitrogens with one attached hydrogen (secondary N) is 1. The first-order chi connectivity index (χ1) is 9.41. The Labute approximate surface area is 126 Å². The van der Waals surface area contributed by atoms with Gasteiger partial charge >= 0.3 is 0 Å². The highest BCUT2D eigenvalue weighted by molar-refractivity contribution is 4.92. The van der Waals surface area contributed by atoms with Crippen molar-refractivity contribution in [1.29, 1.82) is 0 Å². The van der Waals surface area contributed by atoms with Gasteiger partial charge in [-0.1, -0.05) is 34.1 Å². The summed E-state index contributed by atoms with van der Waals surface area (Å²) in [7, 11) is 0. The zero-order valence-corrected chi connectivity index (χ0v) is 14.3. The minimum Gasteiger partial charge on any atom is -0.312 e. The first-order valence-electron chi connectivity index (χ1n) is 8.63. The van der Waals surface area contributed by atoms with Crippen LogP contribution >= 0.6 is 0 Å². The van der Waals surface area contributed by atoms with Crippen molar-refractivity contribution in [3.05, 3.63) is 0 Å². The van der Waals surface area contributed by atoms with Gasteiger partial charge in [0.15, 0.2) is 0 Å². The van der Waals surface area contributed by atoms with E-state index in [1.54, 1.807) is 0 Å². The van der Waals surface area contributed by atoms with E-state index < -0.39 is 0 Å². The van der Waals surface area contributed by atoms with Crippen molar-refractivity contribution in [3.8, 4) is 0 Å². The second kappa shape index (κ2) is 6.76. The Balaban J connectivity index is 1.96. The molecule has 3 nitrogen and oxygen atoms in total. The summed E-state index contributed by atoms with van der Waals surface area (Å²) in [5.41, 5.74) is 0.333. The number of rotatable bonds is 4. The van der Waals surface area contributed by atoms with Crippen molar-refractivity contribution in [2.75, 3.05) is 32.7 Å². The zero-order chi connectivity index (χ0) is 14.8. The summed E-state index contributed by atoms with van der Waals surface area (Å²) in [6, 6.07) is 2.11. The van der Waals surface area contributed by atoms with Gasteiger partial charge in [-0.2, -0.15) is 0 Å². The van der Waals surface area contributed by atoms with Gasteiger partial charge in [0, 0.05) is 37.8 Å². The summed E-state index contributed by atoms with van der Waals surface area (Å²) in [5, 5.41) is 3.71. The summed E-state index contributed by atoms with van der Waals surface area (Å²) in [5.74, 6) is 0. The van der Waals surface area contributed by atoms with Crippen LogP contribution < -0.4 is 5.32 Å². The molecule has 2 aliphatic heterocycles. The molecule has 118 valence electrons. The smallest absolute Gasteiger partial charge is 0.0243 e. The molecular formula is C17H35N3. The van der Waals surface area contributed by atoms with Gasteiger partial charge in [0.1, 0.15) is 0 Å². The fraction of sp³-hybridized carbons (Fsp3) is 1.00. The summed E-state index contributed by atoms with van der Waals surface area (Å²) >= 11 is 0. The van der Waals surface area contributed by atoms with Crippen LogP contribution in [0.25, 0.3) is 0 Å². The van der Waals surface area contributed by atoms with Gasteiger partial charge in [-0.3, -0.25) is 9.80 Å². The molecule has 2 heterocycles. The van der Waals surface area contributed by atoms with Crippen molar-refractivity contribution < 1.29 is 0 Å². The molecule has 3 atom stereocenters. The second-order valence-corrected chi connectivity index (χ2v) is 7.92. The molecule has 3 unspecified atom stereocenters. The van der Waals surface area contributed by atoms with Gasteiger partial charge in [-0.05, 0) is 38.3 Å². The Morgan fingerprint density at radius 3 is 2.60 bits per heavy atom. The molecular weight excluding hydrogens is 246 g/mol. The number of hydrogen-bond acceptors (Lipinski definition) is 3. The topological polar surface area (TPSA) is 18.5 Å². The van der Waals surface area contributed by atoms with Crippen molar-refractivity contribution in [2.45, 2.75) is 72.0 Å². The zero-order valence-electron chi connectivity index (χ0n) is 14.3. The summed E-state index contributed by atoms with van der Waals surface area (Å²) < 4.78 is 0. The second-order valence-electron chi connectivity index (χ2n) is 7.92. The van der Waals surface area contributed by atoms with E-state index in [0.717, 1.165) is 12.6 Å². The Kier molecular flexibility index (Phi) is 5.49. The van der Waals surface area contributed by atoms with Gasteiger partial charge in [0.05, 0.1) is 0 Å². The van der Waals surface area contributed by atoms with Crippen LogP contribution in [0.1, 0.15) is 53.9 Å². The van der Waals surface area contributed by atoms with E-state index in [1.807, 2.05) is 0 Å². The molecule has 2 fully saturated rings. The van der Waals surface area contributed by atoms with Crippen molar-refractivity contribution in [3.63, 3.8) is 0 Å². The van der Waals surface area contributed by atoms with Gasteiger partial charge < -0.3 is 5.32 Å². The highest BCUT2D eigenvalue weighted by atomic mass is 15.3. The predicted octanol–water partition coefficient (Wildman–Crippen LogP) is 2.57. The molecule has 0 spiro atoms. The van der Waals surface area contributed by atoms with Crippen LogP contribution in [-0.4, -0.2) is 60.6 Å². The minimum atomic E-state index is 0.333. The Hall–Kier alpha value is -0.120. The van der Waals surface area contributed by atoms with Crippen molar-refractivity contribution in [1.82, 2.24) is 15.1 Å². The van der Waals surface area contributed by atoms with Gasteiger partial charge in [0.25, 0.3) is 0 Å². The maximum atomic E-state index is 3.71. The highest BCUT2D eigenvalue weighted by Gasteiger charge is 2.35. The van der Waals surface area contributed by atoms with Crippen LogP contribution in [0.3, 0.4) is 0 Å². The van der Waals surface area contributed by atoms with E-state index in [9.17, 15) is 0 Å². The molecule has 1 N–H and O–H groups in total. The standard InChI is InChI=1S/C17H35N3/c1-6-18-16(17(3,4)5)13-20-12-15-9-7-8-10-19(15)11-14(20)2/h14-16,18H,6-13H2,1-5H3. The fourth-order valence-corrected chi connectivity index (χ4v) is 3.79. The third-order valence-corrected chi connectivity index (χ3v) is 5.23. The number of fused-ring (bicyclic) bond motifs is 1. The third kappa shape index (κ3) is 3.96. The van der Waals surface area contributed by atoms with Crippen LogP contribution in [0, 0.1) is 5.41 Å². The number of piperazine rings is 1. The van der Waals surface area contributed by atoms with Gasteiger partial charge in [-0.25, -0.2) is 0 Å². The van der Waals surface area contributed by atoms with Crippen molar-refractivity contribution >= 4 is 0 Å². The molecule has 2 aliphatic rings. The molecule has 2 saturated heterocycles. The van der Waals surface area contributed by atoms with Crippen LogP contribution in [0.4, 0.5) is 0 Å². The van der Waals surface area contributed by atoms with E-state index in [-0.39, 0.29) is 0 Å². The van der Waals surface area contributed by atoms with Gasteiger partial charge in [-0.15, -0.1) is 0 Å². The first-order valence-corrected chi connectivity index (χ1v) is 8.63. The lowest BCUT2D eigenvalue weighted by molar-refractivity contribution is 0.00389. The van der Waals surface area contributed by atoms with Crippen LogP contribution in [0.2, 0.25) is 0 Å². The third-order valence-electron chi connectivity index (χ3n) is 5.23. The highest BCUT2D eigenvalue weighted by Crippen LogP contribution is 2.26. The molecule has 0 aromatic rings. The van der Waals surface area contributed by atoms with E-state index in [2.05, 4.69) is 49.7 Å². The summed E-state index contributed by atoms with van der Waals surface area (Å²) in [4.78, 5) is 5.48. The summed E-state index contributed by atoms with van der Waals surface area (Å²) in [6.45, 7) is 17.9. The van der Waals surface area contributed by atoms with Crippen LogP contribution in [0.15, 0.2) is 0 Å². The van der Waals surface area contributed by atoms with E-state index in [4.69, 9.17) is 0 Å². The molecule has 20 heavy (non-hydrogen) atoms. The molecule has 0 amide bonds. The average molecular weight is 281 g/mol. The molecule has 0 radical (unpaired) electrons. The first kappa shape index (κ1) is 16.3. The monoisotopic (exact) mass is 281 g/mol. The average Bonchev–Trinajstić information content (AvgIpc) is 2.37. The fourth-order valence-electron chi connectivity index (χ4n) is 3.79. The SMILES string of the molecule is CCNC(CN1CC2CCCCN2CC1C)C(C)(C)C. The van der Waals surface area contributed by atoms with Crippen molar-refractivity contribution in [2.24, 2.45) is 5.41 Å². The quantitative estimate of drug-likeness (QED) is 0.854. The molecule has 0 saturated carbocycles. The Bertz CT molecular complexity index is 297. The molecule has 3 heteroatoms. The Morgan fingerprint density at radius 2 is 1.95 bits per heavy atom. The van der Waals surface area contributed by atoms with Crippen LogP contribution in [0.5, 0.6) is 0 Å². The van der Waals surface area contributed by atoms with Gasteiger partial charge in [0.2, 0.25) is 0 Å².